The van der Waals surface area contributed by atoms with Crippen molar-refractivity contribution in [2.24, 2.45) is 0 Å². The Labute approximate surface area is 186 Å². The van der Waals surface area contributed by atoms with Gasteiger partial charge in [0, 0.05) is 42.2 Å². The van der Waals surface area contributed by atoms with Gasteiger partial charge in [-0.25, -0.2) is 0 Å². The van der Waals surface area contributed by atoms with E-state index < -0.39 is 17.1 Å². The fourth-order valence-electron chi connectivity index (χ4n) is 4.50. The van der Waals surface area contributed by atoms with E-state index in [-0.39, 0.29) is 24.2 Å². The molecule has 32 heavy (non-hydrogen) atoms. The zero-order valence-corrected chi connectivity index (χ0v) is 18.8. The number of fused-ring (bicyclic) bond motifs is 1. The van der Waals surface area contributed by atoms with Crippen molar-refractivity contribution in [1.82, 2.24) is 5.32 Å². The number of hydrogen-bond donors (Lipinski definition) is 2. The number of benzene rings is 1. The summed E-state index contributed by atoms with van der Waals surface area (Å²) in [4.78, 5) is 38.0. The standard InChI is InChI=1S/C24H30N2O6/c1-23(2,3)32-21(28)13-24(30)8-10-26(11-9-24)15-4-5-16-18(14-31-19(16)12-15)17-6-7-20(27)25-22(17)29/h4-5,12,14,17,30H,6-11,13H2,1-3H3,(H,25,27,29). The van der Waals surface area contributed by atoms with Crippen LogP contribution in [0, 0.1) is 0 Å². The van der Waals surface area contributed by atoms with Crippen molar-refractivity contribution in [3.05, 3.63) is 30.0 Å². The molecule has 0 aliphatic carbocycles. The van der Waals surface area contributed by atoms with E-state index in [2.05, 4.69) is 10.2 Å². The number of anilines is 1. The molecule has 2 aromatic rings. The Morgan fingerprint density at radius 1 is 1.28 bits per heavy atom. The number of amides is 2. The van der Waals surface area contributed by atoms with E-state index in [0.29, 0.717) is 44.4 Å². The minimum Gasteiger partial charge on any atom is -0.464 e. The van der Waals surface area contributed by atoms with Crippen molar-refractivity contribution in [3.8, 4) is 0 Å². The van der Waals surface area contributed by atoms with Crippen LogP contribution in [0.1, 0.15) is 64.4 Å². The largest absolute Gasteiger partial charge is 0.464 e. The van der Waals surface area contributed by atoms with E-state index in [0.717, 1.165) is 16.6 Å². The highest BCUT2D eigenvalue weighted by atomic mass is 16.6. The minimum atomic E-state index is -1.06. The highest BCUT2D eigenvalue weighted by Crippen LogP contribution is 2.36. The molecular formula is C24H30N2O6. The summed E-state index contributed by atoms with van der Waals surface area (Å²) < 4.78 is 11.1. The van der Waals surface area contributed by atoms with Gasteiger partial charge >= 0.3 is 5.97 Å². The molecule has 1 atom stereocenters. The Kier molecular flexibility index (Phi) is 5.75. The topological polar surface area (TPSA) is 109 Å². The maximum absolute atomic E-state index is 12.2. The zero-order chi connectivity index (χ0) is 23.1. The van der Waals surface area contributed by atoms with Gasteiger partial charge in [-0.05, 0) is 52.2 Å². The lowest BCUT2D eigenvalue weighted by Gasteiger charge is -2.39. The smallest absolute Gasteiger partial charge is 0.309 e. The summed E-state index contributed by atoms with van der Waals surface area (Å²) in [6.45, 7) is 6.65. The summed E-state index contributed by atoms with van der Waals surface area (Å²) in [5.41, 5.74) is 0.797. The Hall–Kier alpha value is -2.87. The lowest BCUT2D eigenvalue weighted by molar-refractivity contribution is -0.161. The number of imide groups is 1. The molecule has 2 fully saturated rings. The first-order chi connectivity index (χ1) is 15.0. The molecule has 1 aromatic carbocycles. The third-order valence-corrected chi connectivity index (χ3v) is 6.16. The Morgan fingerprint density at radius 2 is 2.00 bits per heavy atom. The third-order valence-electron chi connectivity index (χ3n) is 6.16. The maximum atomic E-state index is 12.2. The van der Waals surface area contributed by atoms with E-state index >= 15 is 0 Å². The van der Waals surface area contributed by atoms with Gasteiger partial charge in [0.15, 0.2) is 0 Å². The maximum Gasteiger partial charge on any atom is 0.309 e. The number of nitrogens with one attached hydrogen (secondary N) is 1. The molecular weight excluding hydrogens is 412 g/mol. The first-order valence-corrected chi connectivity index (χ1v) is 11.1. The average Bonchev–Trinajstić information content (AvgIpc) is 3.09. The van der Waals surface area contributed by atoms with Gasteiger partial charge < -0.3 is 19.2 Å². The molecule has 0 spiro atoms. The van der Waals surface area contributed by atoms with Crippen LogP contribution < -0.4 is 10.2 Å². The molecule has 2 aliphatic rings. The number of hydrogen-bond acceptors (Lipinski definition) is 7. The molecule has 3 heterocycles. The third kappa shape index (κ3) is 4.80. The Morgan fingerprint density at radius 3 is 2.66 bits per heavy atom. The normalized spacial score (nSPS) is 21.5. The van der Waals surface area contributed by atoms with Gasteiger partial charge in [-0.2, -0.15) is 0 Å². The molecule has 1 aromatic heterocycles. The number of ether oxygens (including phenoxy) is 1. The van der Waals surface area contributed by atoms with Gasteiger partial charge in [0.1, 0.15) is 11.2 Å². The van der Waals surface area contributed by atoms with Crippen molar-refractivity contribution in [3.63, 3.8) is 0 Å². The van der Waals surface area contributed by atoms with E-state index in [9.17, 15) is 19.5 Å². The van der Waals surface area contributed by atoms with Crippen LogP contribution in [0.2, 0.25) is 0 Å². The van der Waals surface area contributed by atoms with Crippen molar-refractivity contribution in [2.75, 3.05) is 18.0 Å². The Bertz CT molecular complexity index is 1040. The monoisotopic (exact) mass is 442 g/mol. The summed E-state index contributed by atoms with van der Waals surface area (Å²) in [7, 11) is 0. The van der Waals surface area contributed by atoms with Crippen LogP contribution in [0.15, 0.2) is 28.9 Å². The zero-order valence-electron chi connectivity index (χ0n) is 18.8. The number of carbonyl (C=O) groups is 3. The SMILES string of the molecule is CC(C)(C)OC(=O)CC1(O)CCN(c2ccc3c(C4CCC(=O)NC4=O)coc3c2)CC1. The number of furan rings is 1. The molecule has 8 heteroatoms. The summed E-state index contributed by atoms with van der Waals surface area (Å²) in [6.07, 6.45) is 3.31. The molecule has 0 radical (unpaired) electrons. The van der Waals surface area contributed by atoms with Crippen LogP contribution in [-0.2, 0) is 19.1 Å². The van der Waals surface area contributed by atoms with E-state index in [4.69, 9.17) is 9.15 Å². The second kappa shape index (κ2) is 8.24. The minimum absolute atomic E-state index is 0.00928. The number of piperidine rings is 2. The number of nitrogens with zero attached hydrogens (tertiary/aromatic N) is 1. The molecule has 172 valence electrons. The van der Waals surface area contributed by atoms with E-state index in [1.807, 2.05) is 39.0 Å². The van der Waals surface area contributed by atoms with Crippen LogP contribution in [0.3, 0.4) is 0 Å². The lowest BCUT2D eigenvalue weighted by atomic mass is 9.87. The van der Waals surface area contributed by atoms with Crippen LogP contribution in [0.4, 0.5) is 5.69 Å². The molecule has 0 saturated carbocycles. The van der Waals surface area contributed by atoms with Crippen LogP contribution >= 0.6 is 0 Å². The van der Waals surface area contributed by atoms with Crippen molar-refractivity contribution in [2.45, 2.75) is 70.0 Å². The second-order valence-electron chi connectivity index (χ2n) is 9.85. The van der Waals surface area contributed by atoms with Crippen molar-refractivity contribution < 1.29 is 28.6 Å². The molecule has 2 saturated heterocycles. The number of carbonyl (C=O) groups excluding carboxylic acids is 3. The average molecular weight is 443 g/mol. The predicted octanol–water partition coefficient (Wildman–Crippen LogP) is 3.02. The molecule has 0 bridgehead atoms. The first kappa shape index (κ1) is 22.3. The second-order valence-corrected chi connectivity index (χ2v) is 9.85. The molecule has 1 unspecified atom stereocenters. The van der Waals surface area contributed by atoms with E-state index in [1.54, 1.807) is 6.26 Å². The highest BCUT2D eigenvalue weighted by Gasteiger charge is 2.36. The van der Waals surface area contributed by atoms with Gasteiger partial charge in [0.2, 0.25) is 11.8 Å². The lowest BCUT2D eigenvalue weighted by Crippen LogP contribution is -2.46. The Balaban J connectivity index is 1.43. The van der Waals surface area contributed by atoms with E-state index in [1.165, 1.54) is 0 Å². The van der Waals surface area contributed by atoms with Crippen LogP contribution in [0.5, 0.6) is 0 Å². The summed E-state index contributed by atoms with van der Waals surface area (Å²) in [5, 5.41) is 14.1. The van der Waals surface area contributed by atoms with Crippen molar-refractivity contribution >= 4 is 34.4 Å². The molecule has 2 aliphatic heterocycles. The molecule has 2 amide bonds. The van der Waals surface area contributed by atoms with Crippen LogP contribution in [-0.4, -0.2) is 47.2 Å². The molecule has 8 nitrogen and oxygen atoms in total. The summed E-state index contributed by atoms with van der Waals surface area (Å²) in [6, 6.07) is 5.85. The van der Waals surface area contributed by atoms with Gasteiger partial charge in [-0.3, -0.25) is 19.7 Å². The number of esters is 1. The van der Waals surface area contributed by atoms with Crippen molar-refractivity contribution in [1.29, 1.82) is 0 Å². The predicted molar refractivity (Wildman–Crippen MR) is 118 cm³/mol. The summed E-state index contributed by atoms with van der Waals surface area (Å²) in [5.74, 6) is -1.30. The quantitative estimate of drug-likeness (QED) is 0.553. The number of aliphatic hydroxyl groups is 1. The first-order valence-electron chi connectivity index (χ1n) is 11.1. The highest BCUT2D eigenvalue weighted by molar-refractivity contribution is 6.02. The fourth-order valence-corrected chi connectivity index (χ4v) is 4.50. The fraction of sp³-hybridized carbons (Fsp3) is 0.542. The number of rotatable bonds is 4. The van der Waals surface area contributed by atoms with Gasteiger partial charge in [-0.1, -0.05) is 0 Å². The molecule has 2 N–H and O–H groups in total. The van der Waals surface area contributed by atoms with Gasteiger partial charge in [0.25, 0.3) is 0 Å². The van der Waals surface area contributed by atoms with Gasteiger partial charge in [0.05, 0.1) is 24.2 Å². The summed E-state index contributed by atoms with van der Waals surface area (Å²) >= 11 is 0. The van der Waals surface area contributed by atoms with Gasteiger partial charge in [-0.15, -0.1) is 0 Å². The van der Waals surface area contributed by atoms with Crippen LogP contribution in [0.25, 0.3) is 11.0 Å². The molecule has 4 rings (SSSR count).